The van der Waals surface area contributed by atoms with E-state index in [1.54, 1.807) is 0 Å². The summed E-state index contributed by atoms with van der Waals surface area (Å²) in [7, 11) is 0. The minimum atomic E-state index is -0.476. The number of hydrogen-bond acceptors (Lipinski definition) is 4. The molecule has 1 saturated heterocycles. The number of hydrogen-bond donors (Lipinski definition) is 1. The minimum Gasteiger partial charge on any atom is -0.491 e. The van der Waals surface area contributed by atoms with E-state index in [1.807, 2.05) is 24.3 Å². The van der Waals surface area contributed by atoms with E-state index in [0.29, 0.717) is 13.2 Å². The van der Waals surface area contributed by atoms with Crippen molar-refractivity contribution in [2.75, 3.05) is 44.2 Å². The first-order valence-electron chi connectivity index (χ1n) is 9.83. The van der Waals surface area contributed by atoms with Crippen molar-refractivity contribution < 1.29 is 9.84 Å². The molecule has 1 fully saturated rings. The van der Waals surface area contributed by atoms with E-state index in [0.717, 1.165) is 43.4 Å². The van der Waals surface area contributed by atoms with E-state index in [4.69, 9.17) is 16.3 Å². The van der Waals surface area contributed by atoms with Gasteiger partial charge in [-0.3, -0.25) is 4.90 Å². The average Bonchev–Trinajstić information content (AvgIpc) is 3.15. The Labute approximate surface area is 178 Å². The summed E-state index contributed by atoms with van der Waals surface area (Å²) in [4.78, 5) is 4.65. The Balaban J connectivity index is 0.00000225. The molecule has 0 amide bonds. The summed E-state index contributed by atoms with van der Waals surface area (Å²) in [6, 6.07) is 14.3. The molecule has 1 aliphatic heterocycles. The second-order valence-electron chi connectivity index (χ2n) is 7.52. The Bertz CT molecular complexity index is 779. The van der Waals surface area contributed by atoms with E-state index < -0.39 is 6.10 Å². The lowest BCUT2D eigenvalue weighted by atomic mass is 10.1. The van der Waals surface area contributed by atoms with Crippen LogP contribution in [0.2, 0.25) is 5.02 Å². The van der Waals surface area contributed by atoms with Gasteiger partial charge in [-0.05, 0) is 60.7 Å². The normalized spacial score (nSPS) is 17.7. The number of fused-ring (bicyclic) bond motifs is 1. The highest BCUT2D eigenvalue weighted by molar-refractivity contribution is 6.30. The molecule has 28 heavy (non-hydrogen) atoms. The SMILES string of the molecule is Cl.OC(COc1ccc2c(c1)CCC2)CN1CCN(c2cccc(Cl)c2)CC1. The average molecular weight is 423 g/mol. The van der Waals surface area contributed by atoms with Gasteiger partial charge in [0.15, 0.2) is 0 Å². The Hall–Kier alpha value is -1.46. The largest absolute Gasteiger partial charge is 0.491 e. The van der Waals surface area contributed by atoms with Crippen LogP contribution in [0, 0.1) is 0 Å². The Morgan fingerprint density at radius 2 is 1.79 bits per heavy atom. The molecule has 0 aromatic heterocycles. The summed E-state index contributed by atoms with van der Waals surface area (Å²) in [5.74, 6) is 0.875. The number of benzene rings is 2. The number of ether oxygens (including phenoxy) is 1. The predicted molar refractivity (Wildman–Crippen MR) is 117 cm³/mol. The van der Waals surface area contributed by atoms with Gasteiger partial charge < -0.3 is 14.7 Å². The molecule has 2 aliphatic rings. The third-order valence-electron chi connectivity index (χ3n) is 5.53. The summed E-state index contributed by atoms with van der Waals surface area (Å²) in [5.41, 5.74) is 4.02. The molecule has 0 bridgehead atoms. The molecule has 0 radical (unpaired) electrons. The molecular formula is C22H28Cl2N2O2. The monoisotopic (exact) mass is 422 g/mol. The number of β-amino-alcohol motifs (C(OH)–C–C–N with tert-alkyl or cyclic N) is 1. The molecule has 152 valence electrons. The van der Waals surface area contributed by atoms with E-state index in [9.17, 15) is 5.11 Å². The van der Waals surface area contributed by atoms with Crippen molar-refractivity contribution in [2.45, 2.75) is 25.4 Å². The summed E-state index contributed by atoms with van der Waals surface area (Å²) in [6.07, 6.45) is 3.09. The lowest BCUT2D eigenvalue weighted by molar-refractivity contribution is 0.0663. The van der Waals surface area contributed by atoms with E-state index in [1.165, 1.54) is 29.7 Å². The standard InChI is InChI=1S/C22H27ClN2O2.ClH/c23-19-5-2-6-20(14-19)25-11-9-24(10-12-25)15-21(26)16-27-22-8-7-17-3-1-4-18(17)13-22;/h2,5-8,13-14,21,26H,1,3-4,9-12,15-16H2;1H. The van der Waals surface area contributed by atoms with Crippen LogP contribution < -0.4 is 9.64 Å². The van der Waals surface area contributed by atoms with E-state index >= 15 is 0 Å². The molecule has 2 aromatic carbocycles. The summed E-state index contributed by atoms with van der Waals surface area (Å²) in [5, 5.41) is 11.2. The molecule has 1 aliphatic carbocycles. The maximum Gasteiger partial charge on any atom is 0.119 e. The van der Waals surface area contributed by atoms with Crippen LogP contribution in [0.15, 0.2) is 42.5 Å². The van der Waals surface area contributed by atoms with Crippen LogP contribution in [0.4, 0.5) is 5.69 Å². The van der Waals surface area contributed by atoms with Gasteiger partial charge in [0.2, 0.25) is 0 Å². The molecule has 1 heterocycles. The number of aryl methyl sites for hydroxylation is 2. The van der Waals surface area contributed by atoms with Gasteiger partial charge >= 0.3 is 0 Å². The number of piperazine rings is 1. The molecular weight excluding hydrogens is 395 g/mol. The van der Waals surface area contributed by atoms with Crippen molar-refractivity contribution in [1.29, 1.82) is 0 Å². The number of rotatable bonds is 6. The van der Waals surface area contributed by atoms with Gasteiger partial charge in [-0.15, -0.1) is 12.4 Å². The predicted octanol–water partition coefficient (Wildman–Crippen LogP) is 3.81. The number of aliphatic hydroxyl groups is 1. The molecule has 1 unspecified atom stereocenters. The van der Waals surface area contributed by atoms with Crippen molar-refractivity contribution in [1.82, 2.24) is 4.90 Å². The Morgan fingerprint density at radius 3 is 2.57 bits per heavy atom. The van der Waals surface area contributed by atoms with Gasteiger partial charge in [-0.25, -0.2) is 0 Å². The number of halogens is 2. The maximum atomic E-state index is 10.4. The van der Waals surface area contributed by atoms with Crippen LogP contribution in [-0.2, 0) is 12.8 Å². The van der Waals surface area contributed by atoms with Crippen LogP contribution in [0.25, 0.3) is 0 Å². The van der Waals surface area contributed by atoms with Crippen molar-refractivity contribution in [3.05, 3.63) is 58.6 Å². The molecule has 2 aromatic rings. The molecule has 4 rings (SSSR count). The van der Waals surface area contributed by atoms with Crippen LogP contribution in [-0.4, -0.2) is 55.4 Å². The van der Waals surface area contributed by atoms with Crippen molar-refractivity contribution >= 4 is 29.7 Å². The molecule has 4 nitrogen and oxygen atoms in total. The van der Waals surface area contributed by atoms with Crippen LogP contribution in [0.5, 0.6) is 5.75 Å². The van der Waals surface area contributed by atoms with Gasteiger partial charge in [0.05, 0.1) is 0 Å². The van der Waals surface area contributed by atoms with Gasteiger partial charge in [0, 0.05) is 43.4 Å². The highest BCUT2D eigenvalue weighted by atomic mass is 35.5. The first-order valence-corrected chi connectivity index (χ1v) is 10.2. The lowest BCUT2D eigenvalue weighted by Gasteiger charge is -2.36. The van der Waals surface area contributed by atoms with Gasteiger partial charge in [0.25, 0.3) is 0 Å². The van der Waals surface area contributed by atoms with Crippen molar-refractivity contribution in [3.8, 4) is 5.75 Å². The first-order chi connectivity index (χ1) is 13.2. The zero-order chi connectivity index (χ0) is 18.6. The van der Waals surface area contributed by atoms with Crippen LogP contribution in [0.1, 0.15) is 17.5 Å². The number of anilines is 1. The fourth-order valence-electron chi connectivity index (χ4n) is 4.04. The van der Waals surface area contributed by atoms with E-state index in [2.05, 4.69) is 28.0 Å². The number of nitrogens with zero attached hydrogens (tertiary/aromatic N) is 2. The second kappa shape index (κ2) is 9.84. The fraction of sp³-hybridized carbons (Fsp3) is 0.455. The fourth-order valence-corrected chi connectivity index (χ4v) is 4.23. The van der Waals surface area contributed by atoms with Crippen molar-refractivity contribution in [2.24, 2.45) is 0 Å². The van der Waals surface area contributed by atoms with Gasteiger partial charge in [-0.2, -0.15) is 0 Å². The summed E-state index contributed by atoms with van der Waals surface area (Å²) in [6.45, 7) is 4.74. The van der Waals surface area contributed by atoms with Crippen molar-refractivity contribution in [3.63, 3.8) is 0 Å². The topological polar surface area (TPSA) is 35.9 Å². The highest BCUT2D eigenvalue weighted by Gasteiger charge is 2.20. The van der Waals surface area contributed by atoms with Crippen LogP contribution >= 0.6 is 24.0 Å². The van der Waals surface area contributed by atoms with Gasteiger partial charge in [0.1, 0.15) is 18.5 Å². The third kappa shape index (κ3) is 5.32. The highest BCUT2D eigenvalue weighted by Crippen LogP contribution is 2.26. The second-order valence-corrected chi connectivity index (χ2v) is 7.95. The third-order valence-corrected chi connectivity index (χ3v) is 5.76. The molecule has 6 heteroatoms. The zero-order valence-electron chi connectivity index (χ0n) is 16.0. The van der Waals surface area contributed by atoms with Crippen LogP contribution in [0.3, 0.4) is 0 Å². The van der Waals surface area contributed by atoms with E-state index in [-0.39, 0.29) is 12.4 Å². The molecule has 1 N–H and O–H groups in total. The lowest BCUT2D eigenvalue weighted by Crippen LogP contribution is -2.49. The molecule has 0 saturated carbocycles. The Morgan fingerprint density at radius 1 is 1.00 bits per heavy atom. The smallest absolute Gasteiger partial charge is 0.119 e. The first kappa shape index (κ1) is 21.3. The quantitative estimate of drug-likeness (QED) is 0.767. The summed E-state index contributed by atoms with van der Waals surface area (Å²) >= 11 is 6.09. The summed E-state index contributed by atoms with van der Waals surface area (Å²) < 4.78 is 5.84. The zero-order valence-corrected chi connectivity index (χ0v) is 17.6. The maximum absolute atomic E-state index is 10.4. The Kier molecular flexibility index (Phi) is 7.47. The molecule has 1 atom stereocenters. The van der Waals surface area contributed by atoms with Gasteiger partial charge in [-0.1, -0.05) is 23.7 Å². The molecule has 0 spiro atoms. The minimum absolute atomic E-state index is 0. The number of aliphatic hydroxyl groups excluding tert-OH is 1.